The third-order valence-corrected chi connectivity index (χ3v) is 3.79. The SMILES string of the molecule is CC(C(=O)OC1OC(C(=O)O)C(O)C(O)C1O)c1ccc(O)cc1. The van der Waals surface area contributed by atoms with Gasteiger partial charge in [0.05, 0.1) is 5.92 Å². The Balaban J connectivity index is 2.09. The van der Waals surface area contributed by atoms with Crippen molar-refractivity contribution >= 4 is 11.9 Å². The molecule has 0 amide bonds. The van der Waals surface area contributed by atoms with E-state index in [0.29, 0.717) is 5.56 Å². The van der Waals surface area contributed by atoms with Gasteiger partial charge in [0.2, 0.25) is 6.29 Å². The lowest BCUT2D eigenvalue weighted by molar-refractivity contribution is -0.286. The van der Waals surface area contributed by atoms with E-state index in [0.717, 1.165) is 0 Å². The van der Waals surface area contributed by atoms with Crippen LogP contribution in [0.3, 0.4) is 0 Å². The maximum absolute atomic E-state index is 12.1. The summed E-state index contributed by atoms with van der Waals surface area (Å²) in [5.74, 6) is -3.18. The molecular formula is C15H18O9. The fourth-order valence-electron chi connectivity index (χ4n) is 2.26. The van der Waals surface area contributed by atoms with Crippen molar-refractivity contribution in [1.29, 1.82) is 0 Å². The second-order valence-electron chi connectivity index (χ2n) is 5.49. The minimum absolute atomic E-state index is 0.0202. The molecule has 6 atom stereocenters. The Hall–Kier alpha value is -2.20. The van der Waals surface area contributed by atoms with Gasteiger partial charge < -0.3 is 35.0 Å². The van der Waals surface area contributed by atoms with Gasteiger partial charge in [0, 0.05) is 0 Å². The number of carbonyl (C=O) groups excluding carboxylic acids is 1. The van der Waals surface area contributed by atoms with Crippen molar-refractivity contribution in [2.45, 2.75) is 43.5 Å². The van der Waals surface area contributed by atoms with Crippen molar-refractivity contribution < 1.29 is 44.6 Å². The summed E-state index contributed by atoms with van der Waals surface area (Å²) in [5, 5.41) is 47.2. The van der Waals surface area contributed by atoms with Crippen LogP contribution in [0.15, 0.2) is 24.3 Å². The Labute approximate surface area is 136 Å². The van der Waals surface area contributed by atoms with Gasteiger partial charge >= 0.3 is 11.9 Å². The van der Waals surface area contributed by atoms with E-state index in [9.17, 15) is 30.0 Å². The van der Waals surface area contributed by atoms with E-state index in [1.54, 1.807) is 0 Å². The van der Waals surface area contributed by atoms with Crippen LogP contribution in [-0.4, -0.2) is 68.2 Å². The van der Waals surface area contributed by atoms with Gasteiger partial charge in [-0.25, -0.2) is 4.79 Å². The van der Waals surface area contributed by atoms with Gasteiger partial charge in [-0.05, 0) is 24.6 Å². The zero-order valence-corrected chi connectivity index (χ0v) is 12.6. The molecule has 0 aliphatic carbocycles. The number of hydrogen-bond acceptors (Lipinski definition) is 8. The van der Waals surface area contributed by atoms with E-state index in [2.05, 4.69) is 0 Å². The lowest BCUT2D eigenvalue weighted by Gasteiger charge is -2.38. The first-order valence-corrected chi connectivity index (χ1v) is 7.14. The molecule has 6 unspecified atom stereocenters. The number of carboxylic acid groups (broad SMARTS) is 1. The van der Waals surface area contributed by atoms with Crippen molar-refractivity contribution in [3.8, 4) is 5.75 Å². The van der Waals surface area contributed by atoms with Crippen molar-refractivity contribution in [2.75, 3.05) is 0 Å². The molecule has 24 heavy (non-hydrogen) atoms. The van der Waals surface area contributed by atoms with Crippen LogP contribution in [0, 0.1) is 0 Å². The topological polar surface area (TPSA) is 154 Å². The average molecular weight is 342 g/mol. The van der Waals surface area contributed by atoms with Gasteiger partial charge in [0.25, 0.3) is 0 Å². The molecule has 9 nitrogen and oxygen atoms in total. The minimum atomic E-state index is -1.86. The van der Waals surface area contributed by atoms with Crippen molar-refractivity contribution in [1.82, 2.24) is 0 Å². The molecule has 2 rings (SSSR count). The Morgan fingerprint density at radius 1 is 1.08 bits per heavy atom. The summed E-state index contributed by atoms with van der Waals surface area (Å²) in [6.07, 6.45) is -9.09. The molecule has 0 aromatic heterocycles. The molecule has 1 heterocycles. The molecule has 0 saturated carbocycles. The molecule has 5 N–H and O–H groups in total. The highest BCUT2D eigenvalue weighted by Gasteiger charge is 2.48. The fourth-order valence-corrected chi connectivity index (χ4v) is 2.26. The quantitative estimate of drug-likeness (QED) is 0.430. The number of rotatable bonds is 4. The van der Waals surface area contributed by atoms with Crippen LogP contribution in [0.4, 0.5) is 0 Å². The van der Waals surface area contributed by atoms with E-state index in [1.165, 1.54) is 31.2 Å². The monoisotopic (exact) mass is 342 g/mol. The molecule has 1 aliphatic heterocycles. The lowest BCUT2D eigenvalue weighted by atomic mass is 9.98. The maximum atomic E-state index is 12.1. The Bertz CT molecular complexity index is 599. The summed E-state index contributed by atoms with van der Waals surface area (Å²) in [4.78, 5) is 23.1. The number of phenols is 1. The molecule has 1 aromatic carbocycles. The normalized spacial score (nSPS) is 31.2. The Morgan fingerprint density at radius 3 is 2.21 bits per heavy atom. The minimum Gasteiger partial charge on any atom is -0.508 e. The van der Waals surface area contributed by atoms with Crippen LogP contribution < -0.4 is 0 Å². The zero-order valence-electron chi connectivity index (χ0n) is 12.6. The van der Waals surface area contributed by atoms with Gasteiger partial charge in [0.15, 0.2) is 6.10 Å². The average Bonchev–Trinajstić information content (AvgIpc) is 2.55. The van der Waals surface area contributed by atoms with Crippen LogP contribution in [-0.2, 0) is 19.1 Å². The highest BCUT2D eigenvalue weighted by Crippen LogP contribution is 2.25. The number of aliphatic hydroxyl groups is 3. The predicted molar refractivity (Wildman–Crippen MR) is 76.9 cm³/mol. The smallest absolute Gasteiger partial charge is 0.335 e. The van der Waals surface area contributed by atoms with E-state index in [1.807, 2.05) is 0 Å². The van der Waals surface area contributed by atoms with Crippen LogP contribution in [0.2, 0.25) is 0 Å². The van der Waals surface area contributed by atoms with E-state index in [-0.39, 0.29) is 5.75 Å². The number of phenolic OH excluding ortho intramolecular Hbond substituents is 1. The van der Waals surface area contributed by atoms with Crippen LogP contribution in [0.1, 0.15) is 18.4 Å². The van der Waals surface area contributed by atoms with Gasteiger partial charge in [0.1, 0.15) is 24.1 Å². The molecule has 0 radical (unpaired) electrons. The second kappa shape index (κ2) is 7.14. The number of hydrogen-bond donors (Lipinski definition) is 5. The third-order valence-electron chi connectivity index (χ3n) is 3.79. The van der Waals surface area contributed by atoms with Gasteiger partial charge in [-0.3, -0.25) is 4.79 Å². The molecule has 0 spiro atoms. The molecule has 1 aliphatic rings. The largest absolute Gasteiger partial charge is 0.508 e. The zero-order chi connectivity index (χ0) is 18.0. The second-order valence-corrected chi connectivity index (χ2v) is 5.49. The summed E-state index contributed by atoms with van der Waals surface area (Å²) in [5.41, 5.74) is 0.512. The molecule has 0 bridgehead atoms. The first-order valence-electron chi connectivity index (χ1n) is 7.14. The van der Waals surface area contributed by atoms with Crippen LogP contribution in [0.25, 0.3) is 0 Å². The van der Waals surface area contributed by atoms with Crippen molar-refractivity contribution in [2.24, 2.45) is 0 Å². The van der Waals surface area contributed by atoms with Gasteiger partial charge in [-0.2, -0.15) is 0 Å². The van der Waals surface area contributed by atoms with Crippen molar-refractivity contribution in [3.63, 3.8) is 0 Å². The first kappa shape index (κ1) is 18.1. The Kier molecular flexibility index (Phi) is 5.40. The Morgan fingerprint density at radius 2 is 1.67 bits per heavy atom. The number of benzene rings is 1. The summed E-state index contributed by atoms with van der Waals surface area (Å²) in [6, 6.07) is 5.76. The molecule has 1 aromatic rings. The number of aromatic hydroxyl groups is 1. The number of aliphatic hydroxyl groups excluding tert-OH is 3. The molecule has 1 fully saturated rings. The summed E-state index contributed by atoms with van der Waals surface area (Å²) in [6.45, 7) is 1.50. The van der Waals surface area contributed by atoms with Crippen molar-refractivity contribution in [3.05, 3.63) is 29.8 Å². The highest BCUT2D eigenvalue weighted by atomic mass is 16.7. The summed E-state index contributed by atoms with van der Waals surface area (Å²) >= 11 is 0. The number of carbonyl (C=O) groups is 2. The molecule has 132 valence electrons. The van der Waals surface area contributed by atoms with E-state index >= 15 is 0 Å². The molecule has 1 saturated heterocycles. The summed E-state index contributed by atoms with van der Waals surface area (Å²) < 4.78 is 9.82. The number of aliphatic carboxylic acids is 1. The first-order chi connectivity index (χ1) is 11.2. The van der Waals surface area contributed by atoms with E-state index in [4.69, 9.17) is 14.6 Å². The van der Waals surface area contributed by atoms with Gasteiger partial charge in [-0.1, -0.05) is 12.1 Å². The third kappa shape index (κ3) is 3.65. The highest BCUT2D eigenvalue weighted by molar-refractivity contribution is 5.78. The van der Waals surface area contributed by atoms with Crippen LogP contribution >= 0.6 is 0 Å². The fraction of sp³-hybridized carbons (Fsp3) is 0.467. The summed E-state index contributed by atoms with van der Waals surface area (Å²) in [7, 11) is 0. The lowest BCUT2D eigenvalue weighted by Crippen LogP contribution is -2.60. The van der Waals surface area contributed by atoms with E-state index < -0.39 is 48.6 Å². The molecule has 9 heteroatoms. The van der Waals surface area contributed by atoms with Crippen LogP contribution in [0.5, 0.6) is 5.75 Å². The predicted octanol–water partition coefficient (Wildman–Crippen LogP) is -1.07. The standard InChI is InChI=1S/C15H18O9/c1-6(7-2-4-8(16)5-3-7)14(22)24-15-11(19)9(17)10(18)12(23-15)13(20)21/h2-6,9-12,15-19H,1H3,(H,20,21). The van der Waals surface area contributed by atoms with Gasteiger partial charge in [-0.15, -0.1) is 0 Å². The molecular weight excluding hydrogens is 324 g/mol. The number of carboxylic acids is 1. The number of ether oxygens (including phenoxy) is 2. The number of esters is 1. The maximum Gasteiger partial charge on any atom is 0.335 e.